The molecule has 0 fully saturated rings. The van der Waals surface area contributed by atoms with E-state index in [9.17, 15) is 0 Å². The average molecular weight is 364 g/mol. The second-order valence-corrected chi connectivity index (χ2v) is 6.27. The molecule has 2 heterocycles. The van der Waals surface area contributed by atoms with Crippen LogP contribution in [0.4, 0.5) is 23.1 Å². The van der Waals surface area contributed by atoms with Gasteiger partial charge in [0, 0.05) is 23.6 Å². The molecule has 0 saturated carbocycles. The summed E-state index contributed by atoms with van der Waals surface area (Å²) < 4.78 is 16.4. The molecule has 3 aromatic rings. The van der Waals surface area contributed by atoms with Gasteiger partial charge in [-0.15, -0.1) is 0 Å². The van der Waals surface area contributed by atoms with Crippen LogP contribution in [0, 0.1) is 0 Å². The van der Waals surface area contributed by atoms with E-state index in [1.807, 2.05) is 56.3 Å². The van der Waals surface area contributed by atoms with E-state index in [0.717, 1.165) is 28.6 Å². The van der Waals surface area contributed by atoms with E-state index in [2.05, 4.69) is 20.6 Å². The molecule has 0 unspecified atom stereocenters. The Morgan fingerprint density at radius 2 is 1.70 bits per heavy atom. The fraction of sp³-hybridized carbons (Fsp3) is 0.200. The summed E-state index contributed by atoms with van der Waals surface area (Å²) in [6.07, 6.45) is 1.84. The summed E-state index contributed by atoms with van der Waals surface area (Å²) in [5.74, 6) is 3.46. The number of hydrogen-bond acceptors (Lipinski definition) is 7. The Labute approximate surface area is 157 Å². The zero-order valence-corrected chi connectivity index (χ0v) is 15.1. The number of ether oxygens (including phenoxy) is 3. The topological polar surface area (TPSA) is 77.5 Å². The molecule has 27 heavy (non-hydrogen) atoms. The highest BCUT2D eigenvalue weighted by atomic mass is 16.7. The summed E-state index contributed by atoms with van der Waals surface area (Å²) in [6.45, 7) is 4.25. The summed E-state index contributed by atoms with van der Waals surface area (Å²) in [6, 6.07) is 15.1. The third kappa shape index (κ3) is 4.20. The van der Waals surface area contributed by atoms with Gasteiger partial charge in [-0.05, 0) is 56.3 Å². The van der Waals surface area contributed by atoms with Crippen molar-refractivity contribution in [1.82, 2.24) is 9.97 Å². The number of hydrogen-bond donors (Lipinski definition) is 2. The third-order valence-corrected chi connectivity index (χ3v) is 3.78. The van der Waals surface area contributed by atoms with E-state index in [1.165, 1.54) is 0 Å². The summed E-state index contributed by atoms with van der Waals surface area (Å²) in [5, 5.41) is 6.43. The minimum Gasteiger partial charge on any atom is -0.491 e. The molecule has 7 heteroatoms. The van der Waals surface area contributed by atoms with Crippen molar-refractivity contribution in [3.8, 4) is 17.2 Å². The number of fused-ring (bicyclic) bond motifs is 1. The highest BCUT2D eigenvalue weighted by molar-refractivity contribution is 5.63. The molecular weight excluding hydrogens is 344 g/mol. The van der Waals surface area contributed by atoms with Crippen molar-refractivity contribution in [1.29, 1.82) is 0 Å². The minimum absolute atomic E-state index is 0.145. The molecule has 4 rings (SSSR count). The molecule has 0 amide bonds. The Bertz CT molecular complexity index is 929. The van der Waals surface area contributed by atoms with E-state index in [-0.39, 0.29) is 12.9 Å². The van der Waals surface area contributed by atoms with Crippen LogP contribution in [-0.2, 0) is 0 Å². The Morgan fingerprint density at radius 1 is 0.926 bits per heavy atom. The van der Waals surface area contributed by atoms with Crippen molar-refractivity contribution in [2.45, 2.75) is 20.0 Å². The lowest BCUT2D eigenvalue weighted by atomic mass is 10.3. The number of benzene rings is 2. The van der Waals surface area contributed by atoms with Crippen molar-refractivity contribution in [2.75, 3.05) is 17.4 Å². The largest absolute Gasteiger partial charge is 0.491 e. The van der Waals surface area contributed by atoms with Crippen LogP contribution in [0.2, 0.25) is 0 Å². The van der Waals surface area contributed by atoms with Gasteiger partial charge in [-0.1, -0.05) is 0 Å². The number of aromatic nitrogens is 2. The fourth-order valence-corrected chi connectivity index (χ4v) is 2.63. The lowest BCUT2D eigenvalue weighted by Crippen LogP contribution is -2.05. The Morgan fingerprint density at radius 3 is 2.52 bits per heavy atom. The first-order valence-electron chi connectivity index (χ1n) is 8.69. The molecule has 0 radical (unpaired) electrons. The van der Waals surface area contributed by atoms with Gasteiger partial charge in [-0.2, -0.15) is 4.98 Å². The summed E-state index contributed by atoms with van der Waals surface area (Å²) in [5.41, 5.74) is 1.74. The van der Waals surface area contributed by atoms with Crippen LogP contribution in [0.15, 0.2) is 54.7 Å². The first-order chi connectivity index (χ1) is 13.2. The molecular formula is C20H20N4O3. The second-order valence-electron chi connectivity index (χ2n) is 6.27. The van der Waals surface area contributed by atoms with Gasteiger partial charge in [0.1, 0.15) is 11.6 Å². The lowest BCUT2D eigenvalue weighted by Gasteiger charge is -2.11. The van der Waals surface area contributed by atoms with Crippen LogP contribution in [0.3, 0.4) is 0 Å². The SMILES string of the molecule is CC(C)Oc1ccc(Nc2nccc(Nc3ccc4c(c3)OCO4)n2)cc1. The molecule has 0 atom stereocenters. The van der Waals surface area contributed by atoms with Gasteiger partial charge < -0.3 is 24.8 Å². The van der Waals surface area contributed by atoms with E-state index in [4.69, 9.17) is 14.2 Å². The van der Waals surface area contributed by atoms with Gasteiger partial charge in [0.2, 0.25) is 12.7 Å². The van der Waals surface area contributed by atoms with Crippen molar-refractivity contribution < 1.29 is 14.2 Å². The van der Waals surface area contributed by atoms with Crippen LogP contribution < -0.4 is 24.8 Å². The molecule has 1 aliphatic rings. The standard InChI is InChI=1S/C20H20N4O3/c1-13(2)27-16-6-3-14(4-7-16)23-20-21-10-9-19(24-20)22-15-5-8-17-18(11-15)26-12-25-17/h3-11,13H,12H2,1-2H3,(H2,21,22,23,24). The van der Waals surface area contributed by atoms with Crippen LogP contribution in [-0.4, -0.2) is 22.9 Å². The molecule has 7 nitrogen and oxygen atoms in total. The van der Waals surface area contributed by atoms with Crippen molar-refractivity contribution in [2.24, 2.45) is 0 Å². The predicted molar refractivity (Wildman–Crippen MR) is 103 cm³/mol. The molecule has 1 aromatic heterocycles. The smallest absolute Gasteiger partial charge is 0.231 e. The highest BCUT2D eigenvalue weighted by Crippen LogP contribution is 2.35. The summed E-state index contributed by atoms with van der Waals surface area (Å²) in [4.78, 5) is 8.76. The van der Waals surface area contributed by atoms with Gasteiger partial charge in [0.25, 0.3) is 0 Å². The number of rotatable bonds is 6. The second kappa shape index (κ2) is 7.41. The maximum atomic E-state index is 5.65. The Kier molecular flexibility index (Phi) is 4.65. The van der Waals surface area contributed by atoms with Crippen molar-refractivity contribution in [3.63, 3.8) is 0 Å². The zero-order valence-electron chi connectivity index (χ0n) is 15.1. The van der Waals surface area contributed by atoms with Gasteiger partial charge in [-0.25, -0.2) is 4.98 Å². The molecule has 2 N–H and O–H groups in total. The molecule has 0 saturated heterocycles. The summed E-state index contributed by atoms with van der Waals surface area (Å²) in [7, 11) is 0. The van der Waals surface area contributed by atoms with Crippen LogP contribution in [0.5, 0.6) is 17.2 Å². The molecule has 0 bridgehead atoms. The van der Waals surface area contributed by atoms with Crippen LogP contribution >= 0.6 is 0 Å². The van der Waals surface area contributed by atoms with Crippen LogP contribution in [0.25, 0.3) is 0 Å². The molecule has 1 aliphatic heterocycles. The molecule has 2 aromatic carbocycles. The monoisotopic (exact) mass is 364 g/mol. The first kappa shape index (κ1) is 17.0. The lowest BCUT2D eigenvalue weighted by molar-refractivity contribution is 0.174. The molecule has 138 valence electrons. The fourth-order valence-electron chi connectivity index (χ4n) is 2.63. The van der Waals surface area contributed by atoms with E-state index in [0.29, 0.717) is 11.8 Å². The highest BCUT2D eigenvalue weighted by Gasteiger charge is 2.13. The van der Waals surface area contributed by atoms with E-state index >= 15 is 0 Å². The van der Waals surface area contributed by atoms with Gasteiger partial charge in [-0.3, -0.25) is 0 Å². The maximum Gasteiger partial charge on any atom is 0.231 e. The number of nitrogens with zero attached hydrogens (tertiary/aromatic N) is 2. The maximum absolute atomic E-state index is 5.65. The average Bonchev–Trinajstić information content (AvgIpc) is 3.11. The summed E-state index contributed by atoms with van der Waals surface area (Å²) >= 11 is 0. The predicted octanol–water partition coefficient (Wildman–Crippen LogP) is 4.48. The third-order valence-electron chi connectivity index (χ3n) is 3.78. The van der Waals surface area contributed by atoms with E-state index < -0.39 is 0 Å². The number of anilines is 4. The van der Waals surface area contributed by atoms with Gasteiger partial charge in [0.15, 0.2) is 11.5 Å². The number of nitrogens with one attached hydrogen (secondary N) is 2. The van der Waals surface area contributed by atoms with Gasteiger partial charge in [0.05, 0.1) is 6.10 Å². The Hall–Kier alpha value is -3.48. The van der Waals surface area contributed by atoms with Crippen LogP contribution in [0.1, 0.15) is 13.8 Å². The minimum atomic E-state index is 0.145. The molecule has 0 aliphatic carbocycles. The van der Waals surface area contributed by atoms with E-state index in [1.54, 1.807) is 12.3 Å². The molecule has 0 spiro atoms. The van der Waals surface area contributed by atoms with Crippen molar-refractivity contribution in [3.05, 3.63) is 54.7 Å². The van der Waals surface area contributed by atoms with Crippen molar-refractivity contribution >= 4 is 23.1 Å². The van der Waals surface area contributed by atoms with Gasteiger partial charge >= 0.3 is 0 Å². The first-order valence-corrected chi connectivity index (χ1v) is 8.69. The zero-order chi connectivity index (χ0) is 18.6. The quantitative estimate of drug-likeness (QED) is 0.668. The Balaban J connectivity index is 1.44. The normalized spacial score (nSPS) is 12.1.